The summed E-state index contributed by atoms with van der Waals surface area (Å²) >= 11 is 0. The van der Waals surface area contributed by atoms with Crippen LogP contribution in [0.25, 0.3) is 0 Å². The van der Waals surface area contributed by atoms with Crippen molar-refractivity contribution >= 4 is 5.97 Å². The van der Waals surface area contributed by atoms with E-state index >= 15 is 0 Å². The van der Waals surface area contributed by atoms with Crippen LogP contribution in [0.4, 0.5) is 17.6 Å². The minimum atomic E-state index is -4.54. The molecule has 0 bridgehead atoms. The molecule has 2 nitrogen and oxygen atoms in total. The average molecular weight is 306 g/mol. The molecule has 2 aliphatic rings. The van der Waals surface area contributed by atoms with E-state index in [1.54, 1.807) is 0 Å². The molecule has 0 aromatic heterocycles. The van der Waals surface area contributed by atoms with E-state index < -0.39 is 35.1 Å². The van der Waals surface area contributed by atoms with Crippen molar-refractivity contribution in [1.82, 2.24) is 0 Å². The number of hydrogen-bond acceptors (Lipinski definition) is 2. The van der Waals surface area contributed by atoms with Gasteiger partial charge in [0.05, 0.1) is 0 Å². The lowest BCUT2D eigenvalue weighted by Gasteiger charge is -2.32. The van der Waals surface area contributed by atoms with Crippen molar-refractivity contribution in [2.24, 2.45) is 5.92 Å². The molecule has 21 heavy (non-hydrogen) atoms. The molecule has 2 rings (SSSR count). The summed E-state index contributed by atoms with van der Waals surface area (Å²) in [6.07, 6.45) is 3.95. The second-order valence-electron chi connectivity index (χ2n) is 5.87. The Morgan fingerprint density at radius 3 is 2.24 bits per heavy atom. The summed E-state index contributed by atoms with van der Waals surface area (Å²) in [5.41, 5.74) is -2.03. The summed E-state index contributed by atoms with van der Waals surface area (Å²) in [6.45, 7) is 2.97. The number of ether oxygens (including phenoxy) is 1. The molecule has 0 atom stereocenters. The standard InChI is InChI=1S/C15H18F4O2/c1-9-3-6-11(7-4-9)21-13(20)12-8-5-10(2)14(16,17)15(12,18)19/h5,8-9,11H,3-4,6-7H2,1-2H3. The van der Waals surface area contributed by atoms with Crippen molar-refractivity contribution in [1.29, 1.82) is 0 Å². The van der Waals surface area contributed by atoms with Crippen LogP contribution >= 0.6 is 0 Å². The van der Waals surface area contributed by atoms with E-state index in [1.165, 1.54) is 0 Å². The molecule has 6 heteroatoms. The summed E-state index contributed by atoms with van der Waals surface area (Å²) in [5, 5.41) is 0. The first-order chi connectivity index (χ1) is 9.66. The van der Waals surface area contributed by atoms with Crippen LogP contribution in [0.2, 0.25) is 0 Å². The van der Waals surface area contributed by atoms with Gasteiger partial charge in [-0.2, -0.15) is 17.6 Å². The van der Waals surface area contributed by atoms with Gasteiger partial charge in [0, 0.05) is 5.57 Å². The number of alkyl halides is 4. The molecule has 0 aromatic carbocycles. The molecule has 0 aliphatic heterocycles. The second kappa shape index (κ2) is 5.46. The topological polar surface area (TPSA) is 26.3 Å². The highest BCUT2D eigenvalue weighted by Crippen LogP contribution is 2.47. The number of halogens is 4. The molecule has 0 radical (unpaired) electrons. The lowest BCUT2D eigenvalue weighted by Crippen LogP contribution is -2.47. The molecule has 0 spiro atoms. The summed E-state index contributed by atoms with van der Waals surface area (Å²) in [6, 6.07) is 0. The zero-order valence-corrected chi connectivity index (χ0v) is 12.0. The van der Waals surface area contributed by atoms with Crippen LogP contribution in [0.3, 0.4) is 0 Å². The van der Waals surface area contributed by atoms with Gasteiger partial charge in [0.2, 0.25) is 0 Å². The highest BCUT2D eigenvalue weighted by atomic mass is 19.3. The quantitative estimate of drug-likeness (QED) is 0.562. The van der Waals surface area contributed by atoms with E-state index in [0.29, 0.717) is 18.8 Å². The van der Waals surface area contributed by atoms with Gasteiger partial charge in [-0.3, -0.25) is 0 Å². The molecule has 0 saturated heterocycles. The number of allylic oxidation sites excluding steroid dienone is 3. The van der Waals surface area contributed by atoms with E-state index in [0.717, 1.165) is 31.9 Å². The number of carbonyl (C=O) groups is 1. The van der Waals surface area contributed by atoms with E-state index in [-0.39, 0.29) is 0 Å². The molecule has 1 fully saturated rings. The van der Waals surface area contributed by atoms with E-state index in [4.69, 9.17) is 4.74 Å². The molecule has 0 heterocycles. The summed E-state index contributed by atoms with van der Waals surface area (Å²) in [5.74, 6) is -9.74. The van der Waals surface area contributed by atoms with Crippen molar-refractivity contribution in [3.8, 4) is 0 Å². The summed E-state index contributed by atoms with van der Waals surface area (Å²) in [7, 11) is 0. The largest absolute Gasteiger partial charge is 0.459 e. The Labute approximate surface area is 120 Å². The van der Waals surface area contributed by atoms with E-state index in [1.807, 2.05) is 0 Å². The number of esters is 1. The van der Waals surface area contributed by atoms with Crippen molar-refractivity contribution in [2.45, 2.75) is 57.5 Å². The first-order valence-electron chi connectivity index (χ1n) is 7.02. The van der Waals surface area contributed by atoms with Crippen molar-refractivity contribution in [2.75, 3.05) is 0 Å². The normalized spacial score (nSPS) is 31.1. The lowest BCUT2D eigenvalue weighted by atomic mass is 9.88. The third-order valence-electron chi connectivity index (χ3n) is 4.18. The van der Waals surface area contributed by atoms with Gasteiger partial charge in [-0.1, -0.05) is 13.0 Å². The molecular weight excluding hydrogens is 288 g/mol. The van der Waals surface area contributed by atoms with Gasteiger partial charge in [0.1, 0.15) is 11.7 Å². The SMILES string of the molecule is CC1=CC=C(C(=O)OC2CCC(C)CC2)C(F)(F)C1(F)F. The van der Waals surface area contributed by atoms with Crippen LogP contribution in [0.15, 0.2) is 23.3 Å². The average Bonchev–Trinajstić information content (AvgIpc) is 2.39. The van der Waals surface area contributed by atoms with Gasteiger partial charge in [-0.05, 0) is 44.6 Å². The Morgan fingerprint density at radius 2 is 1.67 bits per heavy atom. The van der Waals surface area contributed by atoms with Gasteiger partial charge in [-0.25, -0.2) is 4.79 Å². The maximum Gasteiger partial charge on any atom is 0.346 e. The van der Waals surface area contributed by atoms with Crippen LogP contribution in [-0.2, 0) is 9.53 Å². The Balaban J connectivity index is 2.12. The lowest BCUT2D eigenvalue weighted by molar-refractivity contribution is -0.178. The molecule has 2 aliphatic carbocycles. The smallest absolute Gasteiger partial charge is 0.346 e. The number of carbonyl (C=O) groups excluding carboxylic acids is 1. The zero-order valence-electron chi connectivity index (χ0n) is 12.0. The Kier molecular flexibility index (Phi) is 4.17. The molecule has 0 N–H and O–H groups in total. The minimum absolute atomic E-state index is 0.467. The second-order valence-corrected chi connectivity index (χ2v) is 5.87. The van der Waals surface area contributed by atoms with E-state index in [9.17, 15) is 22.4 Å². The maximum absolute atomic E-state index is 13.8. The molecule has 1 saturated carbocycles. The van der Waals surface area contributed by atoms with Gasteiger partial charge < -0.3 is 4.74 Å². The van der Waals surface area contributed by atoms with Crippen molar-refractivity contribution in [3.63, 3.8) is 0 Å². The third kappa shape index (κ3) is 2.85. The predicted octanol–water partition coefficient (Wildman–Crippen LogP) is 4.27. The fourth-order valence-electron chi connectivity index (χ4n) is 2.59. The Bertz CT molecular complexity index is 486. The van der Waals surface area contributed by atoms with Crippen LogP contribution in [0, 0.1) is 5.92 Å². The zero-order chi connectivity index (χ0) is 15.8. The maximum atomic E-state index is 13.8. The van der Waals surface area contributed by atoms with Gasteiger partial charge in [-0.15, -0.1) is 0 Å². The monoisotopic (exact) mass is 306 g/mol. The van der Waals surface area contributed by atoms with Gasteiger partial charge >= 0.3 is 17.8 Å². The molecular formula is C15H18F4O2. The van der Waals surface area contributed by atoms with Gasteiger partial charge in [0.15, 0.2) is 0 Å². The summed E-state index contributed by atoms with van der Waals surface area (Å²) < 4.78 is 59.7. The first-order valence-corrected chi connectivity index (χ1v) is 7.02. The fourth-order valence-corrected chi connectivity index (χ4v) is 2.59. The van der Waals surface area contributed by atoms with Crippen molar-refractivity contribution < 1.29 is 27.1 Å². The van der Waals surface area contributed by atoms with Crippen LogP contribution in [0.5, 0.6) is 0 Å². The van der Waals surface area contributed by atoms with Crippen molar-refractivity contribution in [3.05, 3.63) is 23.3 Å². The van der Waals surface area contributed by atoms with Crippen LogP contribution in [0.1, 0.15) is 39.5 Å². The van der Waals surface area contributed by atoms with Crippen LogP contribution < -0.4 is 0 Å². The summed E-state index contributed by atoms with van der Waals surface area (Å²) in [4.78, 5) is 11.8. The Morgan fingerprint density at radius 1 is 1.10 bits per heavy atom. The molecule has 0 aromatic rings. The number of hydrogen-bond donors (Lipinski definition) is 0. The number of rotatable bonds is 2. The van der Waals surface area contributed by atoms with Crippen LogP contribution in [-0.4, -0.2) is 23.9 Å². The molecule has 118 valence electrons. The first kappa shape index (κ1) is 16.0. The third-order valence-corrected chi connectivity index (χ3v) is 4.18. The highest BCUT2D eigenvalue weighted by molar-refractivity contribution is 5.91. The predicted molar refractivity (Wildman–Crippen MR) is 69.2 cm³/mol. The minimum Gasteiger partial charge on any atom is -0.459 e. The Hall–Kier alpha value is -1.33. The van der Waals surface area contributed by atoms with E-state index in [2.05, 4.69) is 6.92 Å². The molecule has 0 amide bonds. The highest BCUT2D eigenvalue weighted by Gasteiger charge is 2.63. The van der Waals surface area contributed by atoms with Gasteiger partial charge in [0.25, 0.3) is 0 Å². The molecule has 0 unspecified atom stereocenters. The fraction of sp³-hybridized carbons (Fsp3) is 0.667.